The van der Waals surface area contributed by atoms with E-state index in [0.29, 0.717) is 16.7 Å². The molecule has 1 amide bonds. The Morgan fingerprint density at radius 2 is 2.35 bits per heavy atom. The summed E-state index contributed by atoms with van der Waals surface area (Å²) in [5, 5.41) is 4.02. The van der Waals surface area contributed by atoms with Crippen LogP contribution in [0.3, 0.4) is 0 Å². The Hall–Kier alpha value is -1.30. The Balaban J connectivity index is 2.08. The summed E-state index contributed by atoms with van der Waals surface area (Å²) in [6.07, 6.45) is 3.30. The number of nitrogens with one attached hydrogen (secondary N) is 1. The fraction of sp³-hybridized carbons (Fsp3) is 0.636. The van der Waals surface area contributed by atoms with E-state index >= 15 is 0 Å². The van der Waals surface area contributed by atoms with Crippen molar-refractivity contribution in [3.05, 3.63) is 4.88 Å². The van der Waals surface area contributed by atoms with Crippen LogP contribution in [0.4, 0.5) is 10.9 Å². The van der Waals surface area contributed by atoms with E-state index in [0.717, 1.165) is 18.1 Å². The van der Waals surface area contributed by atoms with Crippen molar-refractivity contribution in [3.63, 3.8) is 0 Å². The van der Waals surface area contributed by atoms with Crippen molar-refractivity contribution < 1.29 is 4.79 Å². The number of thiazole rings is 1. The zero-order chi connectivity index (χ0) is 12.4. The maximum atomic E-state index is 12.1. The van der Waals surface area contributed by atoms with Crippen LogP contribution in [0, 0.1) is 0 Å². The molecule has 1 aliphatic carbocycles. The monoisotopic (exact) mass is 254 g/mol. The third kappa shape index (κ3) is 2.88. The van der Waals surface area contributed by atoms with Crippen molar-refractivity contribution in [3.8, 4) is 0 Å². The van der Waals surface area contributed by atoms with Crippen LogP contribution < -0.4 is 11.1 Å². The largest absolute Gasteiger partial charge is 0.382 e. The van der Waals surface area contributed by atoms with Crippen molar-refractivity contribution in [1.82, 2.24) is 9.88 Å². The van der Waals surface area contributed by atoms with Crippen LogP contribution in [0.15, 0.2) is 0 Å². The first-order valence-electron chi connectivity index (χ1n) is 5.90. The standard InChI is InChI=1S/C11H18N4OS/c1-3-6-15(2)10(16)8-9(12)14-11(17-8)13-7-4-5-7/h7H,3-6,12H2,1-2H3,(H,13,14). The van der Waals surface area contributed by atoms with Gasteiger partial charge in [-0.2, -0.15) is 0 Å². The molecule has 6 heteroatoms. The van der Waals surface area contributed by atoms with Crippen LogP contribution >= 0.6 is 11.3 Å². The number of hydrogen-bond donors (Lipinski definition) is 2. The van der Waals surface area contributed by atoms with E-state index < -0.39 is 0 Å². The Bertz CT molecular complexity index is 414. The molecule has 0 spiro atoms. The number of rotatable bonds is 5. The van der Waals surface area contributed by atoms with Gasteiger partial charge in [0.25, 0.3) is 5.91 Å². The molecule has 1 saturated carbocycles. The van der Waals surface area contributed by atoms with Crippen LogP contribution in [-0.4, -0.2) is 35.4 Å². The molecule has 1 fully saturated rings. The van der Waals surface area contributed by atoms with Crippen molar-refractivity contribution in [2.24, 2.45) is 0 Å². The molecule has 1 aromatic heterocycles. The Kier molecular flexibility index (Phi) is 3.51. The number of amides is 1. The number of anilines is 2. The van der Waals surface area contributed by atoms with Crippen LogP contribution in [0.1, 0.15) is 35.9 Å². The molecule has 94 valence electrons. The first kappa shape index (κ1) is 12.2. The average Bonchev–Trinajstić information content (AvgIpc) is 3.01. The highest BCUT2D eigenvalue weighted by molar-refractivity contribution is 7.18. The first-order valence-corrected chi connectivity index (χ1v) is 6.71. The lowest BCUT2D eigenvalue weighted by Gasteiger charge is -2.14. The van der Waals surface area contributed by atoms with Gasteiger partial charge in [0.2, 0.25) is 0 Å². The number of aromatic nitrogens is 1. The lowest BCUT2D eigenvalue weighted by atomic mass is 10.4. The summed E-state index contributed by atoms with van der Waals surface area (Å²) in [7, 11) is 1.79. The number of nitrogens with zero attached hydrogens (tertiary/aromatic N) is 2. The molecule has 17 heavy (non-hydrogen) atoms. The van der Waals surface area contributed by atoms with Gasteiger partial charge >= 0.3 is 0 Å². The third-order valence-electron chi connectivity index (χ3n) is 2.66. The minimum Gasteiger partial charge on any atom is -0.382 e. The molecular formula is C11H18N4OS. The van der Waals surface area contributed by atoms with Gasteiger partial charge in [-0.05, 0) is 19.3 Å². The van der Waals surface area contributed by atoms with Crippen LogP contribution in [-0.2, 0) is 0 Å². The van der Waals surface area contributed by atoms with Gasteiger partial charge in [-0.1, -0.05) is 18.3 Å². The Morgan fingerprint density at radius 1 is 1.65 bits per heavy atom. The maximum Gasteiger partial charge on any atom is 0.267 e. The van der Waals surface area contributed by atoms with Gasteiger partial charge < -0.3 is 16.0 Å². The fourth-order valence-electron chi connectivity index (χ4n) is 1.56. The van der Waals surface area contributed by atoms with E-state index in [1.165, 1.54) is 24.2 Å². The summed E-state index contributed by atoms with van der Waals surface area (Å²) in [5.74, 6) is 0.303. The van der Waals surface area contributed by atoms with Crippen molar-refractivity contribution in [2.45, 2.75) is 32.2 Å². The number of carbonyl (C=O) groups is 1. The van der Waals surface area contributed by atoms with Gasteiger partial charge in [-0.25, -0.2) is 4.98 Å². The number of hydrogen-bond acceptors (Lipinski definition) is 5. The van der Waals surface area contributed by atoms with Gasteiger partial charge in [-0.15, -0.1) is 0 Å². The van der Waals surface area contributed by atoms with Crippen molar-refractivity contribution in [2.75, 3.05) is 24.6 Å². The predicted octanol–water partition coefficient (Wildman–Crippen LogP) is 1.78. The first-order chi connectivity index (χ1) is 8.11. The zero-order valence-electron chi connectivity index (χ0n) is 10.2. The molecule has 0 atom stereocenters. The van der Waals surface area contributed by atoms with Crippen LogP contribution in [0.5, 0.6) is 0 Å². The second kappa shape index (κ2) is 4.91. The van der Waals surface area contributed by atoms with E-state index in [1.54, 1.807) is 11.9 Å². The Labute approximate surface area is 105 Å². The van der Waals surface area contributed by atoms with Crippen molar-refractivity contribution in [1.29, 1.82) is 0 Å². The van der Waals surface area contributed by atoms with Gasteiger partial charge in [0.15, 0.2) is 5.13 Å². The fourth-order valence-corrected chi connectivity index (χ4v) is 2.52. The van der Waals surface area contributed by atoms with E-state index in [-0.39, 0.29) is 5.91 Å². The Morgan fingerprint density at radius 3 is 2.94 bits per heavy atom. The lowest BCUT2D eigenvalue weighted by molar-refractivity contribution is 0.0800. The summed E-state index contributed by atoms with van der Waals surface area (Å²) in [6.45, 7) is 2.78. The average molecular weight is 254 g/mol. The highest BCUT2D eigenvalue weighted by Gasteiger charge is 2.24. The smallest absolute Gasteiger partial charge is 0.267 e. The lowest BCUT2D eigenvalue weighted by Crippen LogP contribution is -2.27. The zero-order valence-corrected chi connectivity index (χ0v) is 11.0. The third-order valence-corrected chi connectivity index (χ3v) is 3.65. The van der Waals surface area contributed by atoms with Crippen molar-refractivity contribution >= 4 is 28.2 Å². The molecule has 2 rings (SSSR count). The minimum atomic E-state index is -0.0364. The van der Waals surface area contributed by atoms with E-state index in [4.69, 9.17) is 5.73 Å². The van der Waals surface area contributed by atoms with Crippen LogP contribution in [0.25, 0.3) is 0 Å². The molecule has 1 heterocycles. The van der Waals surface area contributed by atoms with E-state index in [9.17, 15) is 4.79 Å². The summed E-state index contributed by atoms with van der Waals surface area (Å²) < 4.78 is 0. The molecule has 0 unspecified atom stereocenters. The molecule has 3 N–H and O–H groups in total. The minimum absolute atomic E-state index is 0.0364. The molecule has 1 aliphatic rings. The predicted molar refractivity (Wildman–Crippen MR) is 70.4 cm³/mol. The number of carbonyl (C=O) groups excluding carboxylic acids is 1. The topological polar surface area (TPSA) is 71.2 Å². The summed E-state index contributed by atoms with van der Waals surface area (Å²) in [5.41, 5.74) is 5.78. The van der Waals surface area contributed by atoms with E-state index in [2.05, 4.69) is 10.3 Å². The number of nitrogens with two attached hydrogens (primary N) is 1. The molecule has 0 aliphatic heterocycles. The molecule has 0 radical (unpaired) electrons. The highest BCUT2D eigenvalue weighted by atomic mass is 32.1. The molecule has 0 saturated heterocycles. The van der Waals surface area contributed by atoms with Gasteiger partial charge in [0.1, 0.15) is 10.7 Å². The summed E-state index contributed by atoms with van der Waals surface area (Å²) >= 11 is 1.35. The molecule has 1 aromatic rings. The van der Waals surface area contributed by atoms with Crippen LogP contribution in [0.2, 0.25) is 0 Å². The normalized spacial score (nSPS) is 14.7. The SMILES string of the molecule is CCCN(C)C(=O)c1sc(NC2CC2)nc1N. The molecular weight excluding hydrogens is 236 g/mol. The molecule has 5 nitrogen and oxygen atoms in total. The second-order valence-corrected chi connectivity index (χ2v) is 5.38. The molecule has 0 aromatic carbocycles. The summed E-state index contributed by atoms with van der Waals surface area (Å²) in [4.78, 5) is 18.5. The van der Waals surface area contributed by atoms with Gasteiger partial charge in [0.05, 0.1) is 0 Å². The van der Waals surface area contributed by atoms with Gasteiger partial charge in [-0.3, -0.25) is 4.79 Å². The second-order valence-electron chi connectivity index (χ2n) is 4.38. The summed E-state index contributed by atoms with van der Waals surface area (Å²) in [6, 6.07) is 0.525. The molecule has 0 bridgehead atoms. The number of nitrogen functional groups attached to an aromatic ring is 1. The maximum absolute atomic E-state index is 12.1. The van der Waals surface area contributed by atoms with Gasteiger partial charge in [0, 0.05) is 19.6 Å². The quantitative estimate of drug-likeness (QED) is 0.840. The highest BCUT2D eigenvalue weighted by Crippen LogP contribution is 2.31. The van der Waals surface area contributed by atoms with E-state index in [1.807, 2.05) is 6.92 Å².